The number of hydrogen-bond donors (Lipinski definition) is 2. The lowest BCUT2D eigenvalue weighted by atomic mass is 10.1. The van der Waals surface area contributed by atoms with Crippen LogP contribution in [0.5, 0.6) is 0 Å². The Hall–Kier alpha value is -1.81. The summed E-state index contributed by atoms with van der Waals surface area (Å²) in [6, 6.07) is 11.2. The van der Waals surface area contributed by atoms with Gasteiger partial charge in [0.1, 0.15) is 0 Å². The predicted octanol–water partition coefficient (Wildman–Crippen LogP) is 3.90. The monoisotopic (exact) mass is 318 g/mol. The Balaban J connectivity index is 2.30. The van der Waals surface area contributed by atoms with Gasteiger partial charge in [-0.1, -0.05) is 28.1 Å². The van der Waals surface area contributed by atoms with Gasteiger partial charge in [-0.15, -0.1) is 0 Å². The van der Waals surface area contributed by atoms with Gasteiger partial charge in [0.2, 0.25) is 0 Å². The summed E-state index contributed by atoms with van der Waals surface area (Å²) in [5, 5.41) is 2.85. The summed E-state index contributed by atoms with van der Waals surface area (Å²) in [5.74, 6) is -0.156. The highest BCUT2D eigenvalue weighted by atomic mass is 79.9. The number of amides is 1. The number of carbonyl (C=O) groups is 1. The number of anilines is 2. The zero-order chi connectivity index (χ0) is 14.0. The molecule has 0 aliphatic rings. The number of nitrogens with one attached hydrogen (secondary N) is 1. The summed E-state index contributed by atoms with van der Waals surface area (Å²) in [7, 11) is 0. The maximum absolute atomic E-state index is 12.3. The Labute approximate surface area is 121 Å². The quantitative estimate of drug-likeness (QED) is 0.825. The van der Waals surface area contributed by atoms with Crippen molar-refractivity contribution in [3.05, 3.63) is 57.6 Å². The number of benzene rings is 2. The molecule has 2 rings (SSSR count). The van der Waals surface area contributed by atoms with E-state index in [4.69, 9.17) is 5.73 Å². The highest BCUT2D eigenvalue weighted by Crippen LogP contribution is 2.22. The van der Waals surface area contributed by atoms with Gasteiger partial charge in [-0.25, -0.2) is 0 Å². The van der Waals surface area contributed by atoms with E-state index in [1.54, 1.807) is 12.1 Å². The molecular formula is C15H15BrN2O. The van der Waals surface area contributed by atoms with Crippen molar-refractivity contribution >= 4 is 33.2 Å². The van der Waals surface area contributed by atoms with Crippen LogP contribution < -0.4 is 11.1 Å². The van der Waals surface area contributed by atoms with Gasteiger partial charge in [0, 0.05) is 10.0 Å². The second-order valence-corrected chi connectivity index (χ2v) is 5.42. The highest BCUT2D eigenvalue weighted by Gasteiger charge is 2.11. The van der Waals surface area contributed by atoms with Crippen molar-refractivity contribution < 1.29 is 4.79 Å². The third-order valence-electron chi connectivity index (χ3n) is 2.90. The average Bonchev–Trinajstić information content (AvgIpc) is 2.36. The van der Waals surface area contributed by atoms with Crippen LogP contribution in [-0.4, -0.2) is 5.91 Å². The average molecular weight is 319 g/mol. The van der Waals surface area contributed by atoms with Crippen LogP contribution in [0.15, 0.2) is 40.9 Å². The topological polar surface area (TPSA) is 55.1 Å². The van der Waals surface area contributed by atoms with Gasteiger partial charge in [0.05, 0.1) is 11.4 Å². The highest BCUT2D eigenvalue weighted by molar-refractivity contribution is 9.10. The molecule has 0 aliphatic heterocycles. The minimum atomic E-state index is -0.156. The van der Waals surface area contributed by atoms with E-state index in [-0.39, 0.29) is 5.91 Å². The van der Waals surface area contributed by atoms with Crippen molar-refractivity contribution in [3.63, 3.8) is 0 Å². The predicted molar refractivity (Wildman–Crippen MR) is 82.4 cm³/mol. The van der Waals surface area contributed by atoms with Gasteiger partial charge in [-0.2, -0.15) is 0 Å². The zero-order valence-electron chi connectivity index (χ0n) is 10.8. The third kappa shape index (κ3) is 3.15. The molecule has 0 radical (unpaired) electrons. The van der Waals surface area contributed by atoms with E-state index >= 15 is 0 Å². The van der Waals surface area contributed by atoms with Crippen LogP contribution in [0, 0.1) is 13.8 Å². The first-order valence-corrected chi connectivity index (χ1v) is 6.70. The zero-order valence-corrected chi connectivity index (χ0v) is 12.4. The van der Waals surface area contributed by atoms with Gasteiger partial charge < -0.3 is 11.1 Å². The van der Waals surface area contributed by atoms with Gasteiger partial charge in [-0.05, 0) is 49.2 Å². The molecule has 0 aromatic heterocycles. The van der Waals surface area contributed by atoms with Gasteiger partial charge in [-0.3, -0.25) is 4.79 Å². The molecule has 2 aromatic carbocycles. The van der Waals surface area contributed by atoms with E-state index in [2.05, 4.69) is 21.2 Å². The largest absolute Gasteiger partial charge is 0.397 e. The third-order valence-corrected chi connectivity index (χ3v) is 3.39. The molecule has 2 aromatic rings. The van der Waals surface area contributed by atoms with Crippen LogP contribution in [0.3, 0.4) is 0 Å². The first-order chi connectivity index (χ1) is 8.97. The van der Waals surface area contributed by atoms with Crippen molar-refractivity contribution in [2.24, 2.45) is 0 Å². The fourth-order valence-electron chi connectivity index (χ4n) is 1.81. The Morgan fingerprint density at radius 3 is 2.63 bits per heavy atom. The molecule has 0 saturated carbocycles. The number of nitrogen functional groups attached to an aromatic ring is 1. The number of hydrogen-bond acceptors (Lipinski definition) is 2. The molecule has 19 heavy (non-hydrogen) atoms. The molecule has 0 atom stereocenters. The summed E-state index contributed by atoms with van der Waals surface area (Å²) >= 11 is 3.37. The van der Waals surface area contributed by atoms with Crippen LogP contribution in [-0.2, 0) is 0 Å². The summed E-state index contributed by atoms with van der Waals surface area (Å²) in [6.07, 6.45) is 0. The van der Waals surface area contributed by atoms with Crippen LogP contribution in [0.1, 0.15) is 21.5 Å². The van der Waals surface area contributed by atoms with E-state index in [0.717, 1.165) is 15.6 Å². The summed E-state index contributed by atoms with van der Waals surface area (Å²) in [6.45, 7) is 3.86. The smallest absolute Gasteiger partial charge is 0.256 e. The van der Waals surface area contributed by atoms with Crippen molar-refractivity contribution in [1.82, 2.24) is 0 Å². The molecule has 0 spiro atoms. The first-order valence-electron chi connectivity index (χ1n) is 5.91. The molecule has 0 unspecified atom stereocenters. The standard InChI is InChI=1S/C15H15BrN2O/c1-9-3-6-13(17)14(7-9)18-15(19)12-8-11(16)5-4-10(12)2/h3-8H,17H2,1-2H3,(H,18,19). The molecule has 0 heterocycles. The van der Waals surface area contributed by atoms with Crippen LogP contribution in [0.2, 0.25) is 0 Å². The van der Waals surface area contributed by atoms with Crippen molar-refractivity contribution in [3.8, 4) is 0 Å². The molecule has 98 valence electrons. The lowest BCUT2D eigenvalue weighted by Gasteiger charge is -2.11. The van der Waals surface area contributed by atoms with Crippen LogP contribution in [0.4, 0.5) is 11.4 Å². The number of aryl methyl sites for hydroxylation is 2. The minimum absolute atomic E-state index is 0.156. The second kappa shape index (κ2) is 5.45. The van der Waals surface area contributed by atoms with Gasteiger partial charge >= 0.3 is 0 Å². The molecule has 0 aliphatic carbocycles. The molecule has 4 heteroatoms. The minimum Gasteiger partial charge on any atom is -0.397 e. The summed E-state index contributed by atoms with van der Waals surface area (Å²) in [5.41, 5.74) is 9.67. The molecular weight excluding hydrogens is 304 g/mol. The number of carbonyl (C=O) groups excluding carboxylic acids is 1. The maximum atomic E-state index is 12.3. The van der Waals surface area contributed by atoms with E-state index in [0.29, 0.717) is 16.9 Å². The van der Waals surface area contributed by atoms with Gasteiger partial charge in [0.15, 0.2) is 0 Å². The summed E-state index contributed by atoms with van der Waals surface area (Å²) < 4.78 is 0.875. The molecule has 0 saturated heterocycles. The van der Waals surface area contributed by atoms with Crippen LogP contribution in [0.25, 0.3) is 0 Å². The maximum Gasteiger partial charge on any atom is 0.256 e. The molecule has 3 nitrogen and oxygen atoms in total. The Kier molecular flexibility index (Phi) is 3.90. The van der Waals surface area contributed by atoms with Gasteiger partial charge in [0.25, 0.3) is 5.91 Å². The second-order valence-electron chi connectivity index (χ2n) is 4.50. The molecule has 3 N–H and O–H groups in total. The fourth-order valence-corrected chi connectivity index (χ4v) is 2.17. The number of nitrogens with two attached hydrogens (primary N) is 1. The molecule has 0 fully saturated rings. The van der Waals surface area contributed by atoms with Crippen molar-refractivity contribution in [1.29, 1.82) is 0 Å². The lowest BCUT2D eigenvalue weighted by molar-refractivity contribution is 0.102. The lowest BCUT2D eigenvalue weighted by Crippen LogP contribution is -2.14. The Morgan fingerprint density at radius 2 is 1.89 bits per heavy atom. The summed E-state index contributed by atoms with van der Waals surface area (Å²) in [4.78, 5) is 12.3. The number of rotatable bonds is 2. The van der Waals surface area contributed by atoms with Crippen molar-refractivity contribution in [2.45, 2.75) is 13.8 Å². The Bertz CT molecular complexity index is 638. The van der Waals surface area contributed by atoms with E-state index < -0.39 is 0 Å². The van der Waals surface area contributed by atoms with E-state index in [1.807, 2.05) is 38.1 Å². The molecule has 0 bridgehead atoms. The SMILES string of the molecule is Cc1ccc(N)c(NC(=O)c2cc(Br)ccc2C)c1. The van der Waals surface area contributed by atoms with Crippen molar-refractivity contribution in [2.75, 3.05) is 11.1 Å². The first kappa shape index (κ1) is 13.6. The van der Waals surface area contributed by atoms with E-state index in [1.165, 1.54) is 0 Å². The Morgan fingerprint density at radius 1 is 1.16 bits per heavy atom. The molecule has 1 amide bonds. The normalized spacial score (nSPS) is 10.3. The van der Waals surface area contributed by atoms with Crippen LogP contribution >= 0.6 is 15.9 Å². The number of halogens is 1. The van der Waals surface area contributed by atoms with E-state index in [9.17, 15) is 4.79 Å². The fraction of sp³-hybridized carbons (Fsp3) is 0.133.